The van der Waals surface area contributed by atoms with E-state index in [1.165, 1.54) is 13.2 Å². The van der Waals surface area contributed by atoms with E-state index in [0.29, 0.717) is 54.7 Å². The Morgan fingerprint density at radius 1 is 1.00 bits per heavy atom. The monoisotopic (exact) mass is 397 g/mol. The number of carbonyl (C=O) groups is 2. The van der Waals surface area contributed by atoms with Gasteiger partial charge in [-0.05, 0) is 30.4 Å². The predicted molar refractivity (Wildman–Crippen MR) is 108 cm³/mol. The van der Waals surface area contributed by atoms with Crippen LogP contribution >= 0.6 is 0 Å². The van der Waals surface area contributed by atoms with Crippen LogP contribution in [0.5, 0.6) is 17.2 Å². The maximum atomic E-state index is 12.6. The molecule has 1 fully saturated rings. The molecule has 0 N–H and O–H groups in total. The SMILES string of the molecule is COc1ccc(C(=O)C=Cc2ccccc2OC(=O)N2CCOCC2)c(OC)c1. The van der Waals surface area contributed by atoms with Crippen molar-refractivity contribution in [2.24, 2.45) is 0 Å². The Balaban J connectivity index is 1.75. The lowest BCUT2D eigenvalue weighted by atomic mass is 10.1. The highest BCUT2D eigenvalue weighted by Crippen LogP contribution is 2.26. The lowest BCUT2D eigenvalue weighted by Crippen LogP contribution is -2.42. The summed E-state index contributed by atoms with van der Waals surface area (Å²) in [5.41, 5.74) is 1.03. The van der Waals surface area contributed by atoms with Crippen LogP contribution < -0.4 is 14.2 Å². The Labute approximate surface area is 169 Å². The number of amides is 1. The third kappa shape index (κ3) is 5.14. The van der Waals surface area contributed by atoms with Gasteiger partial charge < -0.3 is 23.8 Å². The Morgan fingerprint density at radius 3 is 2.48 bits per heavy atom. The van der Waals surface area contributed by atoms with E-state index in [0.717, 1.165) is 0 Å². The van der Waals surface area contributed by atoms with Crippen molar-refractivity contribution in [3.05, 3.63) is 59.7 Å². The normalized spacial score (nSPS) is 13.9. The second kappa shape index (κ2) is 9.75. The lowest BCUT2D eigenvalue weighted by molar-refractivity contribution is 0.0416. The fraction of sp³-hybridized carbons (Fsp3) is 0.273. The first-order chi connectivity index (χ1) is 14.1. The topological polar surface area (TPSA) is 74.3 Å². The zero-order chi connectivity index (χ0) is 20.6. The Bertz CT molecular complexity index is 902. The van der Waals surface area contributed by atoms with Crippen LogP contribution in [0.4, 0.5) is 4.79 Å². The van der Waals surface area contributed by atoms with E-state index < -0.39 is 6.09 Å². The number of ether oxygens (including phenoxy) is 4. The number of hydrogen-bond donors (Lipinski definition) is 0. The molecule has 0 saturated carbocycles. The molecule has 1 amide bonds. The summed E-state index contributed by atoms with van der Waals surface area (Å²) in [4.78, 5) is 26.6. The number of morpholine rings is 1. The zero-order valence-corrected chi connectivity index (χ0v) is 16.4. The number of carbonyl (C=O) groups excluding carboxylic acids is 2. The van der Waals surface area contributed by atoms with Gasteiger partial charge in [0.15, 0.2) is 5.78 Å². The van der Waals surface area contributed by atoms with E-state index >= 15 is 0 Å². The summed E-state index contributed by atoms with van der Waals surface area (Å²) in [5.74, 6) is 1.17. The van der Waals surface area contributed by atoms with Gasteiger partial charge in [0.25, 0.3) is 0 Å². The van der Waals surface area contributed by atoms with Crippen LogP contribution in [0.2, 0.25) is 0 Å². The average Bonchev–Trinajstić information content (AvgIpc) is 2.78. The molecule has 1 aliphatic heterocycles. The molecule has 29 heavy (non-hydrogen) atoms. The molecule has 7 heteroatoms. The average molecular weight is 397 g/mol. The summed E-state index contributed by atoms with van der Waals surface area (Å²) in [5, 5.41) is 0. The van der Waals surface area contributed by atoms with Crippen molar-refractivity contribution >= 4 is 18.0 Å². The number of nitrogens with zero attached hydrogens (tertiary/aromatic N) is 1. The third-order valence-corrected chi connectivity index (χ3v) is 4.47. The molecular weight excluding hydrogens is 374 g/mol. The molecular formula is C22H23NO6. The molecule has 0 aromatic heterocycles. The van der Waals surface area contributed by atoms with Gasteiger partial charge in [-0.25, -0.2) is 4.79 Å². The van der Waals surface area contributed by atoms with Gasteiger partial charge in [-0.3, -0.25) is 4.79 Å². The highest BCUT2D eigenvalue weighted by Gasteiger charge is 2.19. The molecule has 1 saturated heterocycles. The maximum absolute atomic E-state index is 12.6. The zero-order valence-electron chi connectivity index (χ0n) is 16.4. The molecule has 0 radical (unpaired) electrons. The van der Waals surface area contributed by atoms with Crippen molar-refractivity contribution < 1.29 is 28.5 Å². The van der Waals surface area contributed by atoms with Gasteiger partial charge >= 0.3 is 6.09 Å². The van der Waals surface area contributed by atoms with Crippen molar-refractivity contribution in [1.29, 1.82) is 0 Å². The quantitative estimate of drug-likeness (QED) is 0.549. The van der Waals surface area contributed by atoms with Crippen molar-refractivity contribution in [3.8, 4) is 17.2 Å². The Morgan fingerprint density at radius 2 is 1.76 bits per heavy atom. The predicted octanol–water partition coefficient (Wildman–Crippen LogP) is 3.43. The van der Waals surface area contributed by atoms with Gasteiger partial charge in [-0.15, -0.1) is 0 Å². The molecule has 3 rings (SSSR count). The number of ketones is 1. The number of benzene rings is 2. The van der Waals surface area contributed by atoms with E-state index in [-0.39, 0.29) is 5.78 Å². The smallest absolute Gasteiger partial charge is 0.415 e. The van der Waals surface area contributed by atoms with Crippen LogP contribution in [-0.2, 0) is 4.74 Å². The fourth-order valence-corrected chi connectivity index (χ4v) is 2.87. The molecule has 0 atom stereocenters. The van der Waals surface area contributed by atoms with Crippen LogP contribution in [-0.4, -0.2) is 57.3 Å². The van der Waals surface area contributed by atoms with Crippen LogP contribution in [0.15, 0.2) is 48.5 Å². The Kier molecular flexibility index (Phi) is 6.86. The molecule has 0 aliphatic carbocycles. The van der Waals surface area contributed by atoms with Crippen LogP contribution in [0.1, 0.15) is 15.9 Å². The lowest BCUT2D eigenvalue weighted by Gasteiger charge is -2.26. The third-order valence-electron chi connectivity index (χ3n) is 4.47. The summed E-state index contributed by atoms with van der Waals surface area (Å²) in [6.45, 7) is 1.98. The number of allylic oxidation sites excluding steroid dienone is 1. The molecule has 7 nitrogen and oxygen atoms in total. The fourth-order valence-electron chi connectivity index (χ4n) is 2.87. The minimum atomic E-state index is -0.433. The van der Waals surface area contributed by atoms with E-state index in [1.807, 2.05) is 6.07 Å². The van der Waals surface area contributed by atoms with Crippen molar-refractivity contribution in [2.75, 3.05) is 40.5 Å². The van der Waals surface area contributed by atoms with Crippen molar-refractivity contribution in [3.63, 3.8) is 0 Å². The first kappa shape index (κ1) is 20.4. The van der Waals surface area contributed by atoms with E-state index in [1.54, 1.807) is 54.5 Å². The second-order valence-corrected chi connectivity index (χ2v) is 6.27. The Hall–Kier alpha value is -3.32. The number of para-hydroxylation sites is 1. The molecule has 2 aromatic rings. The minimum absolute atomic E-state index is 0.237. The first-order valence-electron chi connectivity index (χ1n) is 9.20. The molecule has 2 aromatic carbocycles. The molecule has 0 unspecified atom stereocenters. The molecule has 0 bridgehead atoms. The minimum Gasteiger partial charge on any atom is -0.497 e. The summed E-state index contributed by atoms with van der Waals surface area (Å²) in [6, 6.07) is 12.0. The van der Waals surface area contributed by atoms with Gasteiger partial charge in [0.1, 0.15) is 17.2 Å². The highest BCUT2D eigenvalue weighted by atomic mass is 16.6. The summed E-state index contributed by atoms with van der Waals surface area (Å²) in [6.07, 6.45) is 2.61. The van der Waals surface area contributed by atoms with Gasteiger partial charge in [-0.1, -0.05) is 18.2 Å². The van der Waals surface area contributed by atoms with Gasteiger partial charge in [0, 0.05) is 24.7 Å². The molecule has 0 spiro atoms. The summed E-state index contributed by atoms with van der Waals surface area (Å²) >= 11 is 0. The first-order valence-corrected chi connectivity index (χ1v) is 9.20. The van der Waals surface area contributed by atoms with E-state index in [9.17, 15) is 9.59 Å². The van der Waals surface area contributed by atoms with E-state index in [2.05, 4.69) is 0 Å². The molecule has 152 valence electrons. The maximum Gasteiger partial charge on any atom is 0.415 e. The van der Waals surface area contributed by atoms with Crippen molar-refractivity contribution in [2.45, 2.75) is 0 Å². The second-order valence-electron chi connectivity index (χ2n) is 6.27. The highest BCUT2D eigenvalue weighted by molar-refractivity contribution is 6.08. The van der Waals surface area contributed by atoms with Gasteiger partial charge in [-0.2, -0.15) is 0 Å². The summed E-state index contributed by atoms with van der Waals surface area (Å²) in [7, 11) is 3.04. The molecule has 1 heterocycles. The van der Waals surface area contributed by atoms with Gasteiger partial charge in [0.2, 0.25) is 0 Å². The standard InChI is InChI=1S/C22H23NO6/c1-26-17-8-9-18(21(15-17)27-2)19(24)10-7-16-5-3-4-6-20(16)29-22(25)23-11-13-28-14-12-23/h3-10,15H,11-14H2,1-2H3. The van der Waals surface area contributed by atoms with Crippen LogP contribution in [0, 0.1) is 0 Å². The van der Waals surface area contributed by atoms with Crippen molar-refractivity contribution in [1.82, 2.24) is 4.90 Å². The molecule has 1 aliphatic rings. The number of rotatable bonds is 6. The van der Waals surface area contributed by atoms with Gasteiger partial charge in [0.05, 0.1) is 33.0 Å². The number of methoxy groups -OCH3 is 2. The largest absolute Gasteiger partial charge is 0.497 e. The number of hydrogen-bond acceptors (Lipinski definition) is 6. The van der Waals surface area contributed by atoms with Crippen LogP contribution in [0.3, 0.4) is 0 Å². The summed E-state index contributed by atoms with van der Waals surface area (Å²) < 4.78 is 21.2. The van der Waals surface area contributed by atoms with E-state index in [4.69, 9.17) is 18.9 Å². The van der Waals surface area contributed by atoms with Crippen LogP contribution in [0.25, 0.3) is 6.08 Å².